The van der Waals surface area contributed by atoms with Gasteiger partial charge in [0, 0.05) is 53.7 Å². The Kier molecular flexibility index (Phi) is 9.31. The van der Waals surface area contributed by atoms with E-state index >= 15 is 0 Å². The zero-order valence-corrected chi connectivity index (χ0v) is 23.4. The number of anilines is 1. The van der Waals surface area contributed by atoms with Crippen LogP contribution in [0.3, 0.4) is 0 Å². The number of piperazine rings is 1. The highest BCUT2D eigenvalue weighted by atomic mass is 35.5. The first-order valence-electron chi connectivity index (χ1n) is 12.7. The summed E-state index contributed by atoms with van der Waals surface area (Å²) in [6, 6.07) is 12.3. The second kappa shape index (κ2) is 12.7. The number of ether oxygens (including phenoxy) is 2. The molecule has 38 heavy (non-hydrogen) atoms. The van der Waals surface area contributed by atoms with Crippen LogP contribution in [0.4, 0.5) is 5.69 Å². The first-order chi connectivity index (χ1) is 18.3. The highest BCUT2D eigenvalue weighted by molar-refractivity contribution is 6.31. The Morgan fingerprint density at radius 2 is 1.68 bits per heavy atom. The van der Waals surface area contributed by atoms with Crippen LogP contribution in [0.5, 0.6) is 5.88 Å². The molecule has 0 atom stereocenters. The molecule has 202 valence electrons. The molecule has 8 nitrogen and oxygen atoms in total. The van der Waals surface area contributed by atoms with Crippen molar-refractivity contribution in [2.24, 2.45) is 0 Å². The number of hydrogen-bond donors (Lipinski definition) is 0. The number of halogens is 2. The Balaban J connectivity index is 1.67. The quantitative estimate of drug-likeness (QED) is 0.270. The average Bonchev–Trinajstić information content (AvgIpc) is 2.90. The summed E-state index contributed by atoms with van der Waals surface area (Å²) in [5, 5.41) is 1.85. The summed E-state index contributed by atoms with van der Waals surface area (Å²) >= 11 is 12.4. The van der Waals surface area contributed by atoms with E-state index < -0.39 is 5.97 Å². The van der Waals surface area contributed by atoms with Gasteiger partial charge >= 0.3 is 5.97 Å². The van der Waals surface area contributed by atoms with E-state index in [-0.39, 0.29) is 24.0 Å². The number of pyridine rings is 1. The molecule has 3 aromatic rings. The third-order valence-electron chi connectivity index (χ3n) is 6.33. The molecule has 0 bridgehead atoms. The summed E-state index contributed by atoms with van der Waals surface area (Å²) in [7, 11) is 4.00. The standard InChI is InChI=1S/C28H32Cl2N4O4/c1-4-37-28(36)24-25(33-13-15-34(16-14-33)27(35)19-6-8-20(29)9-7-19)22-18-21(30)10-11-23(22)31-26(24)38-17-5-12-32(2)3/h6-11,18H,4-5,12-17H2,1-3H3. The van der Waals surface area contributed by atoms with Crippen molar-refractivity contribution in [3.63, 3.8) is 0 Å². The summed E-state index contributed by atoms with van der Waals surface area (Å²) in [4.78, 5) is 37.0. The van der Waals surface area contributed by atoms with E-state index in [1.165, 1.54) is 0 Å². The lowest BCUT2D eigenvalue weighted by Crippen LogP contribution is -2.49. The summed E-state index contributed by atoms with van der Waals surface area (Å²) in [6.45, 7) is 5.21. The van der Waals surface area contributed by atoms with Crippen LogP contribution in [-0.4, -0.2) is 86.7 Å². The first-order valence-corrected chi connectivity index (χ1v) is 13.4. The van der Waals surface area contributed by atoms with E-state index in [2.05, 4.69) is 14.8 Å². The topological polar surface area (TPSA) is 75.2 Å². The van der Waals surface area contributed by atoms with Crippen LogP contribution >= 0.6 is 23.2 Å². The minimum absolute atomic E-state index is 0.0560. The van der Waals surface area contributed by atoms with Gasteiger partial charge in [-0.05, 0) is 69.9 Å². The minimum Gasteiger partial charge on any atom is -0.477 e. The SMILES string of the molecule is CCOC(=O)c1c(OCCCN(C)C)nc2ccc(Cl)cc2c1N1CCN(C(=O)c2ccc(Cl)cc2)CC1. The fourth-order valence-corrected chi connectivity index (χ4v) is 4.77. The summed E-state index contributed by atoms with van der Waals surface area (Å²) in [6.07, 6.45) is 0.774. The molecule has 0 radical (unpaired) electrons. The fraction of sp³-hybridized carbons (Fsp3) is 0.393. The number of carbonyl (C=O) groups is 2. The Bertz CT molecular complexity index is 1290. The molecule has 0 N–H and O–H groups in total. The van der Waals surface area contributed by atoms with Crippen molar-refractivity contribution in [2.75, 3.05) is 64.9 Å². The lowest BCUT2D eigenvalue weighted by Gasteiger charge is -2.37. The Hall–Kier alpha value is -3.07. The Morgan fingerprint density at radius 1 is 1.00 bits per heavy atom. The van der Waals surface area contributed by atoms with Gasteiger partial charge < -0.3 is 24.2 Å². The van der Waals surface area contributed by atoms with Gasteiger partial charge in [-0.3, -0.25) is 4.79 Å². The normalized spacial score (nSPS) is 13.7. The van der Waals surface area contributed by atoms with E-state index in [1.54, 1.807) is 42.2 Å². The van der Waals surface area contributed by atoms with Gasteiger partial charge in [-0.2, -0.15) is 0 Å². The number of amides is 1. The smallest absolute Gasteiger partial charge is 0.345 e. The van der Waals surface area contributed by atoms with Gasteiger partial charge in [-0.1, -0.05) is 23.2 Å². The van der Waals surface area contributed by atoms with Gasteiger partial charge in [0.05, 0.1) is 24.4 Å². The molecular formula is C28H32Cl2N4O4. The van der Waals surface area contributed by atoms with Crippen LogP contribution in [0.2, 0.25) is 10.0 Å². The summed E-state index contributed by atoms with van der Waals surface area (Å²) < 4.78 is 11.5. The maximum Gasteiger partial charge on any atom is 0.345 e. The predicted molar refractivity (Wildman–Crippen MR) is 151 cm³/mol. The number of fused-ring (bicyclic) bond motifs is 1. The minimum atomic E-state index is -0.501. The average molecular weight is 559 g/mol. The van der Waals surface area contributed by atoms with Gasteiger partial charge in [0.1, 0.15) is 5.56 Å². The van der Waals surface area contributed by atoms with Crippen LogP contribution in [0.25, 0.3) is 10.9 Å². The highest BCUT2D eigenvalue weighted by Crippen LogP contribution is 2.38. The third kappa shape index (κ3) is 6.49. The molecule has 1 aromatic heterocycles. The van der Waals surface area contributed by atoms with Gasteiger partial charge in [-0.25, -0.2) is 9.78 Å². The van der Waals surface area contributed by atoms with Crippen molar-refractivity contribution in [1.82, 2.24) is 14.8 Å². The molecule has 2 heterocycles. The molecule has 4 rings (SSSR count). The molecule has 10 heteroatoms. The third-order valence-corrected chi connectivity index (χ3v) is 6.82. The van der Waals surface area contributed by atoms with Crippen LogP contribution in [-0.2, 0) is 4.74 Å². The number of hydrogen-bond acceptors (Lipinski definition) is 7. The predicted octanol–water partition coefficient (Wildman–Crippen LogP) is 5.01. The monoisotopic (exact) mass is 558 g/mol. The maximum absolute atomic E-state index is 13.3. The van der Waals surface area contributed by atoms with Gasteiger partial charge in [0.25, 0.3) is 5.91 Å². The Morgan fingerprint density at radius 3 is 2.34 bits per heavy atom. The second-order valence-electron chi connectivity index (χ2n) is 9.31. The van der Waals surface area contributed by atoms with E-state index in [4.69, 9.17) is 32.7 Å². The van der Waals surface area contributed by atoms with Crippen LogP contribution in [0.15, 0.2) is 42.5 Å². The molecule has 0 spiro atoms. The van der Waals surface area contributed by atoms with E-state index in [0.29, 0.717) is 59.6 Å². The Labute approximate surface area is 233 Å². The highest BCUT2D eigenvalue weighted by Gasteiger charge is 2.30. The number of aromatic nitrogens is 1. The first kappa shape index (κ1) is 28.0. The zero-order chi connectivity index (χ0) is 27.2. The summed E-state index contributed by atoms with van der Waals surface area (Å²) in [5.41, 5.74) is 2.20. The number of rotatable bonds is 9. The van der Waals surface area contributed by atoms with Gasteiger partial charge in [-0.15, -0.1) is 0 Å². The second-order valence-corrected chi connectivity index (χ2v) is 10.2. The molecule has 1 aliphatic heterocycles. The summed E-state index contributed by atoms with van der Waals surface area (Å²) in [5.74, 6) is -0.315. The van der Waals surface area contributed by atoms with Gasteiger partial charge in [0.15, 0.2) is 0 Å². The van der Waals surface area contributed by atoms with Crippen molar-refractivity contribution in [3.8, 4) is 5.88 Å². The largest absolute Gasteiger partial charge is 0.477 e. The molecule has 1 saturated heterocycles. The molecule has 0 aliphatic carbocycles. The van der Waals surface area contributed by atoms with E-state index in [0.717, 1.165) is 18.4 Å². The number of benzene rings is 2. The van der Waals surface area contributed by atoms with Crippen LogP contribution < -0.4 is 9.64 Å². The lowest BCUT2D eigenvalue weighted by atomic mass is 10.1. The van der Waals surface area contributed by atoms with Gasteiger partial charge in [0.2, 0.25) is 5.88 Å². The van der Waals surface area contributed by atoms with Crippen molar-refractivity contribution in [2.45, 2.75) is 13.3 Å². The molecule has 1 aliphatic rings. The molecule has 2 aromatic carbocycles. The fourth-order valence-electron chi connectivity index (χ4n) is 4.47. The molecule has 0 saturated carbocycles. The zero-order valence-electron chi connectivity index (χ0n) is 21.9. The number of carbonyl (C=O) groups excluding carboxylic acids is 2. The number of nitrogens with zero attached hydrogens (tertiary/aromatic N) is 4. The maximum atomic E-state index is 13.3. The molecular weight excluding hydrogens is 527 g/mol. The van der Waals surface area contributed by atoms with Crippen LogP contribution in [0, 0.1) is 0 Å². The van der Waals surface area contributed by atoms with Crippen molar-refractivity contribution in [1.29, 1.82) is 0 Å². The number of esters is 1. The van der Waals surface area contributed by atoms with Crippen LogP contribution in [0.1, 0.15) is 34.1 Å². The van der Waals surface area contributed by atoms with Crippen molar-refractivity contribution >= 4 is 51.7 Å². The van der Waals surface area contributed by atoms with Crippen molar-refractivity contribution < 1.29 is 19.1 Å². The van der Waals surface area contributed by atoms with Crippen molar-refractivity contribution in [3.05, 3.63) is 63.6 Å². The van der Waals surface area contributed by atoms with E-state index in [9.17, 15) is 9.59 Å². The molecule has 0 unspecified atom stereocenters. The molecule has 1 fully saturated rings. The molecule has 1 amide bonds. The van der Waals surface area contributed by atoms with E-state index in [1.807, 2.05) is 26.2 Å². The lowest BCUT2D eigenvalue weighted by molar-refractivity contribution is 0.0520.